The van der Waals surface area contributed by atoms with Crippen LogP contribution in [0.25, 0.3) is 0 Å². The second-order valence-electron chi connectivity index (χ2n) is 8.78. The average molecular weight is 383 g/mol. The van der Waals surface area contributed by atoms with E-state index in [0.717, 1.165) is 64.1 Å². The second kappa shape index (κ2) is 10.2. The van der Waals surface area contributed by atoms with Crippen LogP contribution >= 0.6 is 0 Å². The van der Waals surface area contributed by atoms with Crippen LogP contribution in [0.4, 0.5) is 4.79 Å². The van der Waals surface area contributed by atoms with Crippen molar-refractivity contribution < 1.29 is 14.3 Å². The lowest BCUT2D eigenvalue weighted by Crippen LogP contribution is -2.46. The molecule has 156 valence electrons. The zero-order valence-corrected chi connectivity index (χ0v) is 17.8. The van der Waals surface area contributed by atoms with Gasteiger partial charge in [0.2, 0.25) is 0 Å². The Labute approximate surface area is 164 Å². The molecule has 0 atom stereocenters. The van der Waals surface area contributed by atoms with Crippen LogP contribution in [0.1, 0.15) is 46.5 Å². The predicted octanol–water partition coefficient (Wildman–Crippen LogP) is 2.57. The third-order valence-electron chi connectivity index (χ3n) is 5.01. The summed E-state index contributed by atoms with van der Waals surface area (Å²) in [5, 5.41) is 3.47. The van der Waals surface area contributed by atoms with Gasteiger partial charge < -0.3 is 24.6 Å². The van der Waals surface area contributed by atoms with E-state index in [0.29, 0.717) is 5.92 Å². The van der Waals surface area contributed by atoms with Crippen LogP contribution in [0.3, 0.4) is 0 Å². The molecular formula is C20H38N4O3. The number of likely N-dealkylation sites (tertiary alicyclic amines) is 1. The third kappa shape index (κ3) is 8.37. The predicted molar refractivity (Wildman–Crippen MR) is 108 cm³/mol. The zero-order valence-electron chi connectivity index (χ0n) is 17.8. The Balaban J connectivity index is 1.62. The topological polar surface area (TPSA) is 66.4 Å². The summed E-state index contributed by atoms with van der Waals surface area (Å²) >= 11 is 0. The molecule has 0 aromatic heterocycles. The highest BCUT2D eigenvalue weighted by atomic mass is 16.6. The summed E-state index contributed by atoms with van der Waals surface area (Å²) in [6.45, 7) is 10.6. The van der Waals surface area contributed by atoms with E-state index in [-0.39, 0.29) is 6.09 Å². The molecule has 0 bridgehead atoms. The van der Waals surface area contributed by atoms with Crippen LogP contribution in [0.2, 0.25) is 0 Å². The number of aliphatic imine (C=N–C) groups is 1. The van der Waals surface area contributed by atoms with Gasteiger partial charge in [0.25, 0.3) is 0 Å². The second-order valence-corrected chi connectivity index (χ2v) is 8.78. The molecule has 1 aliphatic carbocycles. The quantitative estimate of drug-likeness (QED) is 0.416. The van der Waals surface area contributed by atoms with E-state index in [1.54, 1.807) is 0 Å². The van der Waals surface area contributed by atoms with Crippen molar-refractivity contribution in [1.29, 1.82) is 0 Å². The van der Waals surface area contributed by atoms with Crippen LogP contribution in [-0.2, 0) is 9.47 Å². The Morgan fingerprint density at radius 2 is 1.85 bits per heavy atom. The number of likely N-dealkylation sites (N-methyl/N-ethyl adjacent to an activating group) is 1. The molecule has 7 nitrogen and oxygen atoms in total. The van der Waals surface area contributed by atoms with Crippen molar-refractivity contribution in [3.8, 4) is 0 Å². The number of hydrogen-bond donors (Lipinski definition) is 1. The summed E-state index contributed by atoms with van der Waals surface area (Å²) in [5.74, 6) is 2.25. The minimum atomic E-state index is -0.436. The van der Waals surface area contributed by atoms with Gasteiger partial charge in [-0.05, 0) is 58.3 Å². The lowest BCUT2D eigenvalue weighted by Gasteiger charge is -2.34. The standard InChI is InChI=1S/C20H38N4O3/c1-20(2,3)27-19(25)24-10-8-16(9-11-24)14-22-18(21-4)23(5)12-13-26-15-17-6-7-17/h16-17H,6-15H2,1-5H3,(H,21,22). The molecule has 1 heterocycles. The Morgan fingerprint density at radius 3 is 2.41 bits per heavy atom. The smallest absolute Gasteiger partial charge is 0.410 e. The molecule has 7 heteroatoms. The highest BCUT2D eigenvalue weighted by Crippen LogP contribution is 2.28. The van der Waals surface area contributed by atoms with Crippen molar-refractivity contribution in [2.24, 2.45) is 16.8 Å². The summed E-state index contributed by atoms with van der Waals surface area (Å²) in [4.78, 5) is 20.5. The molecule has 0 aromatic rings. The number of piperidine rings is 1. The largest absolute Gasteiger partial charge is 0.444 e. The molecule has 1 amide bonds. The summed E-state index contributed by atoms with van der Waals surface area (Å²) < 4.78 is 11.2. The van der Waals surface area contributed by atoms with Gasteiger partial charge in [-0.1, -0.05) is 0 Å². The first-order valence-corrected chi connectivity index (χ1v) is 10.3. The number of carbonyl (C=O) groups is 1. The first kappa shape index (κ1) is 21.8. The van der Waals surface area contributed by atoms with Gasteiger partial charge in [0.1, 0.15) is 5.60 Å². The average Bonchev–Trinajstić information content (AvgIpc) is 3.42. The Morgan fingerprint density at radius 1 is 1.19 bits per heavy atom. The van der Waals surface area contributed by atoms with Crippen molar-refractivity contribution in [3.05, 3.63) is 0 Å². The maximum absolute atomic E-state index is 12.1. The fourth-order valence-electron chi connectivity index (χ4n) is 3.11. The molecule has 2 aliphatic rings. The summed E-state index contributed by atoms with van der Waals surface area (Å²) in [6.07, 6.45) is 4.42. The van der Waals surface area contributed by atoms with E-state index in [2.05, 4.69) is 15.2 Å². The molecule has 2 fully saturated rings. The lowest BCUT2D eigenvalue weighted by molar-refractivity contribution is 0.0185. The third-order valence-corrected chi connectivity index (χ3v) is 5.01. The molecule has 2 rings (SSSR count). The van der Waals surface area contributed by atoms with Crippen molar-refractivity contribution >= 4 is 12.1 Å². The van der Waals surface area contributed by atoms with Crippen LogP contribution in [0.15, 0.2) is 4.99 Å². The zero-order chi connectivity index (χ0) is 19.9. The van der Waals surface area contributed by atoms with Crippen LogP contribution in [0, 0.1) is 11.8 Å². The minimum absolute atomic E-state index is 0.198. The van der Waals surface area contributed by atoms with Crippen LogP contribution in [0.5, 0.6) is 0 Å². The summed E-state index contributed by atoms with van der Waals surface area (Å²) in [5.41, 5.74) is -0.436. The summed E-state index contributed by atoms with van der Waals surface area (Å²) in [7, 11) is 3.86. The van der Waals surface area contributed by atoms with Gasteiger partial charge in [0, 0.05) is 46.9 Å². The van der Waals surface area contributed by atoms with E-state index >= 15 is 0 Å². The molecular weight excluding hydrogens is 344 g/mol. The van der Waals surface area contributed by atoms with E-state index in [9.17, 15) is 4.79 Å². The van der Waals surface area contributed by atoms with Crippen molar-refractivity contribution in [2.45, 2.75) is 52.1 Å². The number of carbonyl (C=O) groups excluding carboxylic acids is 1. The van der Waals surface area contributed by atoms with Gasteiger partial charge in [-0.3, -0.25) is 4.99 Å². The number of amides is 1. The number of ether oxygens (including phenoxy) is 2. The molecule has 0 radical (unpaired) electrons. The Hall–Kier alpha value is -1.50. The van der Waals surface area contributed by atoms with Gasteiger partial charge in [0.15, 0.2) is 5.96 Å². The molecule has 1 saturated heterocycles. The SMILES string of the molecule is CN=C(NCC1CCN(C(=O)OC(C)(C)C)CC1)N(C)CCOCC1CC1. The first-order chi connectivity index (χ1) is 12.8. The van der Waals surface area contributed by atoms with Gasteiger partial charge in [0.05, 0.1) is 6.61 Å². The molecule has 1 saturated carbocycles. The Kier molecular flexibility index (Phi) is 8.20. The van der Waals surface area contributed by atoms with E-state index in [1.165, 1.54) is 12.8 Å². The molecule has 0 spiro atoms. The molecule has 1 N–H and O–H groups in total. The highest BCUT2D eigenvalue weighted by Gasteiger charge is 2.27. The molecule has 1 aliphatic heterocycles. The van der Waals surface area contributed by atoms with Gasteiger partial charge >= 0.3 is 6.09 Å². The van der Waals surface area contributed by atoms with E-state index in [1.807, 2.05) is 39.8 Å². The Bertz CT molecular complexity index is 492. The minimum Gasteiger partial charge on any atom is -0.444 e. The van der Waals surface area contributed by atoms with Crippen LogP contribution in [-0.4, -0.2) is 80.9 Å². The first-order valence-electron chi connectivity index (χ1n) is 10.3. The fourth-order valence-corrected chi connectivity index (χ4v) is 3.11. The van der Waals surface area contributed by atoms with Gasteiger partial charge in [-0.25, -0.2) is 4.79 Å². The normalized spacial score (nSPS) is 19.1. The van der Waals surface area contributed by atoms with E-state index in [4.69, 9.17) is 9.47 Å². The van der Waals surface area contributed by atoms with Crippen LogP contribution < -0.4 is 5.32 Å². The maximum atomic E-state index is 12.1. The van der Waals surface area contributed by atoms with Crippen molar-refractivity contribution in [2.75, 3.05) is 53.5 Å². The number of hydrogen-bond acceptors (Lipinski definition) is 4. The number of guanidine groups is 1. The summed E-state index contributed by atoms with van der Waals surface area (Å²) in [6, 6.07) is 0. The van der Waals surface area contributed by atoms with Crippen molar-refractivity contribution in [1.82, 2.24) is 15.1 Å². The highest BCUT2D eigenvalue weighted by molar-refractivity contribution is 5.79. The van der Waals surface area contributed by atoms with E-state index < -0.39 is 5.60 Å². The number of nitrogens with one attached hydrogen (secondary N) is 1. The maximum Gasteiger partial charge on any atom is 0.410 e. The van der Waals surface area contributed by atoms with Gasteiger partial charge in [-0.15, -0.1) is 0 Å². The number of rotatable bonds is 7. The number of nitrogens with zero attached hydrogens (tertiary/aromatic N) is 3. The molecule has 0 aromatic carbocycles. The molecule has 27 heavy (non-hydrogen) atoms. The lowest BCUT2D eigenvalue weighted by atomic mass is 9.97. The van der Waals surface area contributed by atoms with Crippen molar-refractivity contribution in [3.63, 3.8) is 0 Å². The van der Waals surface area contributed by atoms with Gasteiger partial charge in [-0.2, -0.15) is 0 Å². The monoisotopic (exact) mass is 382 g/mol. The molecule has 0 unspecified atom stereocenters. The fraction of sp³-hybridized carbons (Fsp3) is 0.900.